The molecule has 144 valence electrons. The molecule has 7 heteroatoms. The lowest BCUT2D eigenvalue weighted by Gasteiger charge is -2.43. The molecule has 0 saturated carbocycles. The Morgan fingerprint density at radius 3 is 2.36 bits per heavy atom. The lowest BCUT2D eigenvalue weighted by Crippen LogP contribution is -2.59. The number of likely N-dealkylation sites (tertiary alicyclic amines) is 3. The third kappa shape index (κ3) is 3.98. The van der Waals surface area contributed by atoms with Crippen LogP contribution in [0.15, 0.2) is 0 Å². The van der Waals surface area contributed by atoms with E-state index < -0.39 is 17.1 Å². The number of carbonyl (C=O) groups is 1. The summed E-state index contributed by atoms with van der Waals surface area (Å²) in [5.41, 5.74) is -1.47. The zero-order valence-corrected chi connectivity index (χ0v) is 15.4. The van der Waals surface area contributed by atoms with Gasteiger partial charge in [-0.2, -0.15) is 0 Å². The van der Waals surface area contributed by atoms with Gasteiger partial charge in [0.2, 0.25) is 5.91 Å². The molecule has 25 heavy (non-hydrogen) atoms. The molecule has 0 aromatic rings. The summed E-state index contributed by atoms with van der Waals surface area (Å²) in [6.07, 6.45) is 3.24. The lowest BCUT2D eigenvalue weighted by molar-refractivity contribution is -0.145. The van der Waals surface area contributed by atoms with Crippen LogP contribution in [0.25, 0.3) is 0 Å². The van der Waals surface area contributed by atoms with Gasteiger partial charge in [-0.05, 0) is 46.2 Å². The van der Waals surface area contributed by atoms with Gasteiger partial charge in [0.1, 0.15) is 0 Å². The maximum absolute atomic E-state index is 13.3. The summed E-state index contributed by atoms with van der Waals surface area (Å²) >= 11 is 0. The van der Waals surface area contributed by atoms with Crippen LogP contribution in [0, 0.1) is 0 Å². The number of carbonyl (C=O) groups excluding carboxylic acids is 1. The van der Waals surface area contributed by atoms with E-state index in [9.17, 15) is 18.7 Å². The number of amides is 1. The highest BCUT2D eigenvalue weighted by Crippen LogP contribution is 2.33. The summed E-state index contributed by atoms with van der Waals surface area (Å²) in [6, 6.07) is 0. The standard InChI is InChI=1S/C18H31F2N3O2/c1-16(5-3-4-9-21(16)2)15(24)23-12-6-17(25,14-23)13-22-10-7-18(19,20)8-11-22/h25H,3-14H2,1-2H3/t16-,17+/m0/s1. The minimum Gasteiger partial charge on any atom is -0.387 e. The van der Waals surface area contributed by atoms with Crippen LogP contribution in [-0.2, 0) is 4.79 Å². The van der Waals surface area contributed by atoms with Crippen LogP contribution in [0.3, 0.4) is 0 Å². The summed E-state index contributed by atoms with van der Waals surface area (Å²) in [6.45, 7) is 4.76. The molecule has 0 aromatic carbocycles. The Kier molecular flexibility index (Phi) is 5.12. The van der Waals surface area contributed by atoms with Gasteiger partial charge in [-0.1, -0.05) is 0 Å². The molecule has 3 fully saturated rings. The molecule has 0 radical (unpaired) electrons. The predicted molar refractivity (Wildman–Crippen MR) is 91.7 cm³/mol. The van der Waals surface area contributed by atoms with Crippen LogP contribution in [0.4, 0.5) is 8.78 Å². The third-order valence-corrected chi connectivity index (χ3v) is 6.44. The van der Waals surface area contributed by atoms with Crippen LogP contribution >= 0.6 is 0 Å². The molecule has 3 saturated heterocycles. The van der Waals surface area contributed by atoms with E-state index in [1.807, 2.05) is 18.9 Å². The number of likely N-dealkylation sites (N-methyl/N-ethyl adjacent to an activating group) is 1. The van der Waals surface area contributed by atoms with E-state index in [4.69, 9.17) is 0 Å². The van der Waals surface area contributed by atoms with Crippen LogP contribution < -0.4 is 0 Å². The summed E-state index contributed by atoms with van der Waals surface area (Å²) in [4.78, 5) is 18.9. The average Bonchev–Trinajstić information content (AvgIpc) is 2.94. The highest BCUT2D eigenvalue weighted by atomic mass is 19.3. The molecule has 0 spiro atoms. The smallest absolute Gasteiger partial charge is 0.250 e. The van der Waals surface area contributed by atoms with E-state index >= 15 is 0 Å². The van der Waals surface area contributed by atoms with E-state index in [2.05, 4.69) is 4.90 Å². The average molecular weight is 359 g/mol. The number of nitrogens with zero attached hydrogens (tertiary/aromatic N) is 3. The quantitative estimate of drug-likeness (QED) is 0.831. The van der Waals surface area contributed by atoms with E-state index in [1.54, 1.807) is 4.90 Å². The van der Waals surface area contributed by atoms with Crippen molar-refractivity contribution in [1.29, 1.82) is 0 Å². The minimum absolute atomic E-state index is 0.0933. The fraction of sp³-hybridized carbons (Fsp3) is 0.944. The zero-order chi connectivity index (χ0) is 18.3. The molecule has 5 nitrogen and oxygen atoms in total. The second-order valence-electron chi connectivity index (χ2n) is 8.49. The van der Waals surface area contributed by atoms with E-state index in [0.29, 0.717) is 39.1 Å². The molecular formula is C18H31F2N3O2. The number of alkyl halides is 2. The topological polar surface area (TPSA) is 47.0 Å². The second-order valence-corrected chi connectivity index (χ2v) is 8.49. The number of hydrogen-bond donors (Lipinski definition) is 1. The first-order chi connectivity index (χ1) is 11.6. The number of hydrogen-bond acceptors (Lipinski definition) is 4. The van der Waals surface area contributed by atoms with Crippen molar-refractivity contribution in [2.24, 2.45) is 0 Å². The normalized spacial score (nSPS) is 37.4. The molecule has 3 heterocycles. The number of piperidine rings is 2. The SMILES string of the molecule is CN1CCCC[C@@]1(C)C(=O)N1CC[C@@](O)(CN2CCC(F)(F)CC2)C1. The third-order valence-electron chi connectivity index (χ3n) is 6.44. The van der Waals surface area contributed by atoms with E-state index in [0.717, 1.165) is 25.8 Å². The second kappa shape index (κ2) is 6.74. The monoisotopic (exact) mass is 359 g/mol. The van der Waals surface area contributed by atoms with Gasteiger partial charge >= 0.3 is 0 Å². The van der Waals surface area contributed by atoms with Gasteiger partial charge in [-0.25, -0.2) is 8.78 Å². The van der Waals surface area contributed by atoms with Crippen LogP contribution in [-0.4, -0.2) is 89.1 Å². The summed E-state index contributed by atoms with van der Waals surface area (Å²) in [5, 5.41) is 10.9. The zero-order valence-electron chi connectivity index (χ0n) is 15.4. The predicted octanol–water partition coefficient (Wildman–Crippen LogP) is 1.56. The Hall–Kier alpha value is -0.790. The van der Waals surface area contributed by atoms with Gasteiger partial charge in [-0.15, -0.1) is 0 Å². The Morgan fingerprint density at radius 1 is 1.04 bits per heavy atom. The first kappa shape index (κ1) is 19.0. The number of β-amino-alcohol motifs (C(OH)–C–C–N with tert-alkyl or cyclic N) is 1. The fourth-order valence-corrected chi connectivity index (χ4v) is 4.48. The molecule has 3 rings (SSSR count). The maximum Gasteiger partial charge on any atom is 0.250 e. The van der Waals surface area contributed by atoms with Gasteiger partial charge < -0.3 is 10.0 Å². The fourth-order valence-electron chi connectivity index (χ4n) is 4.48. The van der Waals surface area contributed by atoms with Crippen molar-refractivity contribution < 1.29 is 18.7 Å². The summed E-state index contributed by atoms with van der Waals surface area (Å²) in [5.74, 6) is -2.48. The Labute approximate surface area is 148 Å². The Balaban J connectivity index is 1.58. The number of halogens is 2. The molecule has 1 N–H and O–H groups in total. The van der Waals surface area contributed by atoms with Crippen molar-refractivity contribution in [2.75, 3.05) is 46.3 Å². The van der Waals surface area contributed by atoms with Gasteiger partial charge in [0.25, 0.3) is 5.92 Å². The van der Waals surface area contributed by atoms with E-state index in [-0.39, 0.29) is 18.7 Å². The van der Waals surface area contributed by atoms with E-state index in [1.165, 1.54) is 0 Å². The van der Waals surface area contributed by atoms with Crippen molar-refractivity contribution in [3.63, 3.8) is 0 Å². The van der Waals surface area contributed by atoms with Crippen molar-refractivity contribution in [2.45, 2.75) is 62.5 Å². The van der Waals surface area contributed by atoms with Gasteiger partial charge in [-0.3, -0.25) is 14.6 Å². The minimum atomic E-state index is -2.57. The van der Waals surface area contributed by atoms with Gasteiger partial charge in [0.15, 0.2) is 0 Å². The summed E-state index contributed by atoms with van der Waals surface area (Å²) in [7, 11) is 1.99. The number of aliphatic hydroxyl groups is 1. The first-order valence-corrected chi connectivity index (χ1v) is 9.47. The largest absolute Gasteiger partial charge is 0.387 e. The highest BCUT2D eigenvalue weighted by Gasteiger charge is 2.47. The Morgan fingerprint density at radius 2 is 1.72 bits per heavy atom. The molecule has 3 aliphatic heterocycles. The van der Waals surface area contributed by atoms with Crippen LogP contribution in [0.5, 0.6) is 0 Å². The highest BCUT2D eigenvalue weighted by molar-refractivity contribution is 5.86. The molecule has 3 aliphatic rings. The first-order valence-electron chi connectivity index (χ1n) is 9.47. The molecule has 0 aliphatic carbocycles. The molecule has 0 bridgehead atoms. The van der Waals surface area contributed by atoms with Crippen molar-refractivity contribution in [3.8, 4) is 0 Å². The van der Waals surface area contributed by atoms with Crippen molar-refractivity contribution in [1.82, 2.24) is 14.7 Å². The van der Waals surface area contributed by atoms with Gasteiger partial charge in [0.05, 0.1) is 17.7 Å². The molecule has 1 amide bonds. The van der Waals surface area contributed by atoms with Crippen molar-refractivity contribution in [3.05, 3.63) is 0 Å². The number of rotatable bonds is 3. The maximum atomic E-state index is 13.3. The van der Waals surface area contributed by atoms with Crippen molar-refractivity contribution >= 4 is 5.91 Å². The summed E-state index contributed by atoms with van der Waals surface area (Å²) < 4.78 is 26.6. The van der Waals surface area contributed by atoms with Crippen LogP contribution in [0.1, 0.15) is 45.4 Å². The molecule has 0 unspecified atom stereocenters. The molecular weight excluding hydrogens is 328 g/mol. The Bertz CT molecular complexity index is 509. The van der Waals surface area contributed by atoms with Crippen LogP contribution in [0.2, 0.25) is 0 Å². The molecule has 2 atom stereocenters. The molecule has 0 aromatic heterocycles. The lowest BCUT2D eigenvalue weighted by atomic mass is 9.87. The van der Waals surface area contributed by atoms with Gasteiger partial charge in [0, 0.05) is 39.0 Å².